The van der Waals surface area contributed by atoms with Gasteiger partial charge < -0.3 is 20.9 Å². The van der Waals surface area contributed by atoms with Gasteiger partial charge in [-0.25, -0.2) is 0 Å². The second-order valence-electron chi connectivity index (χ2n) is 6.33. The van der Waals surface area contributed by atoms with E-state index in [-0.39, 0.29) is 5.91 Å². The molecule has 1 aliphatic rings. The monoisotopic (exact) mass is 300 g/mol. The average Bonchev–Trinajstić information content (AvgIpc) is 3.12. The average molecular weight is 300 g/mol. The summed E-state index contributed by atoms with van der Waals surface area (Å²) < 4.78 is 0. The number of nitrogens with two attached hydrogens (primary N) is 1. The number of para-hydroxylation sites is 1. The number of rotatable bonds is 5. The zero-order valence-electron chi connectivity index (χ0n) is 13.0. The molecule has 0 radical (unpaired) electrons. The number of aromatic nitrogens is 1. The topological polar surface area (TPSA) is 74.2 Å². The summed E-state index contributed by atoms with van der Waals surface area (Å²) in [6, 6.07) is 7.58. The third-order valence-corrected chi connectivity index (χ3v) is 4.51. The summed E-state index contributed by atoms with van der Waals surface area (Å²) in [6.45, 7) is 2.89. The number of hydrogen-bond donors (Lipinski definition) is 3. The summed E-state index contributed by atoms with van der Waals surface area (Å²) in [7, 11) is 2.12. The molecule has 4 N–H and O–H groups in total. The van der Waals surface area contributed by atoms with E-state index in [2.05, 4.69) is 28.3 Å². The van der Waals surface area contributed by atoms with E-state index in [0.29, 0.717) is 12.3 Å². The first-order chi connectivity index (χ1) is 10.6. The molecule has 2 aromatic rings. The molecular weight excluding hydrogens is 276 g/mol. The second kappa shape index (κ2) is 6.50. The van der Waals surface area contributed by atoms with E-state index >= 15 is 0 Å². The number of H-pyrrole nitrogens is 1. The molecule has 118 valence electrons. The highest BCUT2D eigenvalue weighted by Crippen LogP contribution is 2.19. The van der Waals surface area contributed by atoms with Gasteiger partial charge in [-0.3, -0.25) is 4.79 Å². The summed E-state index contributed by atoms with van der Waals surface area (Å²) in [6.07, 6.45) is 3.65. The highest BCUT2D eigenvalue weighted by Gasteiger charge is 2.21. The molecule has 0 aliphatic carbocycles. The molecule has 1 aliphatic heterocycles. The first-order valence-electron chi connectivity index (χ1n) is 7.90. The van der Waals surface area contributed by atoms with Crippen molar-refractivity contribution >= 4 is 16.8 Å². The lowest BCUT2D eigenvalue weighted by Crippen LogP contribution is -2.43. The number of fused-ring (bicyclic) bond motifs is 1. The molecule has 5 heteroatoms. The van der Waals surface area contributed by atoms with Crippen LogP contribution in [0.2, 0.25) is 0 Å². The quantitative estimate of drug-likeness (QED) is 0.774. The van der Waals surface area contributed by atoms with Crippen LogP contribution in [0.1, 0.15) is 12.0 Å². The Kier molecular flexibility index (Phi) is 4.45. The van der Waals surface area contributed by atoms with E-state index in [1.54, 1.807) is 0 Å². The lowest BCUT2D eigenvalue weighted by molar-refractivity contribution is -0.122. The first kappa shape index (κ1) is 15.1. The third kappa shape index (κ3) is 3.31. The van der Waals surface area contributed by atoms with E-state index in [9.17, 15) is 4.79 Å². The van der Waals surface area contributed by atoms with Crippen LogP contribution in [0.3, 0.4) is 0 Å². The number of aromatic amines is 1. The van der Waals surface area contributed by atoms with Crippen molar-refractivity contribution in [3.63, 3.8) is 0 Å². The van der Waals surface area contributed by atoms with Crippen molar-refractivity contribution in [2.24, 2.45) is 11.7 Å². The van der Waals surface area contributed by atoms with Gasteiger partial charge in [0.2, 0.25) is 5.91 Å². The molecular formula is C17H24N4O. The zero-order valence-corrected chi connectivity index (χ0v) is 13.0. The Morgan fingerprint density at radius 2 is 2.32 bits per heavy atom. The number of hydrogen-bond acceptors (Lipinski definition) is 3. The van der Waals surface area contributed by atoms with Crippen LogP contribution < -0.4 is 11.1 Å². The van der Waals surface area contributed by atoms with E-state index < -0.39 is 6.04 Å². The molecule has 0 spiro atoms. The number of likely N-dealkylation sites (tertiary alicyclic amines) is 1. The van der Waals surface area contributed by atoms with Crippen molar-refractivity contribution < 1.29 is 4.79 Å². The number of nitrogens with zero attached hydrogens (tertiary/aromatic N) is 1. The van der Waals surface area contributed by atoms with Gasteiger partial charge in [0.15, 0.2) is 0 Å². The predicted octanol–water partition coefficient (Wildman–Crippen LogP) is 1.11. The van der Waals surface area contributed by atoms with Crippen molar-refractivity contribution in [3.05, 3.63) is 36.0 Å². The van der Waals surface area contributed by atoms with Crippen LogP contribution in [-0.2, 0) is 11.2 Å². The molecule has 2 atom stereocenters. The minimum absolute atomic E-state index is 0.0557. The number of carbonyl (C=O) groups is 1. The lowest BCUT2D eigenvalue weighted by Gasteiger charge is -2.15. The van der Waals surface area contributed by atoms with Gasteiger partial charge in [-0.05, 0) is 44.0 Å². The van der Waals surface area contributed by atoms with Gasteiger partial charge in [-0.1, -0.05) is 18.2 Å². The molecule has 1 unspecified atom stereocenters. The SMILES string of the molecule is CN1CCC(CNC(=O)[C@@H](N)Cc2c[nH]c3ccccc23)C1. The van der Waals surface area contributed by atoms with Crippen molar-refractivity contribution in [2.75, 3.05) is 26.7 Å². The third-order valence-electron chi connectivity index (χ3n) is 4.51. The van der Waals surface area contributed by atoms with Crippen molar-refractivity contribution in [3.8, 4) is 0 Å². The summed E-state index contributed by atoms with van der Waals surface area (Å²) in [4.78, 5) is 17.7. The Bertz CT molecular complexity index is 651. The summed E-state index contributed by atoms with van der Waals surface area (Å²) >= 11 is 0. The molecule has 3 rings (SSSR count). The summed E-state index contributed by atoms with van der Waals surface area (Å²) in [5.41, 5.74) is 8.25. The zero-order chi connectivity index (χ0) is 15.5. The van der Waals surface area contributed by atoms with Crippen molar-refractivity contribution in [1.29, 1.82) is 0 Å². The second-order valence-corrected chi connectivity index (χ2v) is 6.33. The van der Waals surface area contributed by atoms with Crippen LogP contribution in [0.4, 0.5) is 0 Å². The molecule has 1 amide bonds. The molecule has 2 heterocycles. The highest BCUT2D eigenvalue weighted by molar-refractivity contribution is 5.86. The van der Waals surface area contributed by atoms with Gasteiger partial charge in [0.05, 0.1) is 6.04 Å². The predicted molar refractivity (Wildman–Crippen MR) is 88.6 cm³/mol. The minimum Gasteiger partial charge on any atom is -0.361 e. The van der Waals surface area contributed by atoms with E-state index in [0.717, 1.165) is 42.5 Å². The Morgan fingerprint density at radius 3 is 3.09 bits per heavy atom. The Hall–Kier alpha value is -1.85. The van der Waals surface area contributed by atoms with Crippen molar-refractivity contribution in [2.45, 2.75) is 18.9 Å². The molecule has 1 aromatic carbocycles. The van der Waals surface area contributed by atoms with Gasteiger partial charge in [-0.2, -0.15) is 0 Å². The number of carbonyl (C=O) groups excluding carboxylic acids is 1. The Labute approximate surface area is 130 Å². The molecule has 1 aromatic heterocycles. The van der Waals surface area contributed by atoms with Crippen LogP contribution in [0.15, 0.2) is 30.5 Å². The maximum atomic E-state index is 12.2. The van der Waals surface area contributed by atoms with Crippen LogP contribution in [0.25, 0.3) is 10.9 Å². The van der Waals surface area contributed by atoms with Gasteiger partial charge in [-0.15, -0.1) is 0 Å². The fourth-order valence-electron chi connectivity index (χ4n) is 3.20. The molecule has 5 nitrogen and oxygen atoms in total. The molecule has 22 heavy (non-hydrogen) atoms. The van der Waals surface area contributed by atoms with Crippen LogP contribution in [0, 0.1) is 5.92 Å². The van der Waals surface area contributed by atoms with Gasteiger partial charge >= 0.3 is 0 Å². The van der Waals surface area contributed by atoms with Gasteiger partial charge in [0.1, 0.15) is 0 Å². The van der Waals surface area contributed by atoms with Crippen LogP contribution in [0.5, 0.6) is 0 Å². The molecule has 1 fully saturated rings. The molecule has 1 saturated heterocycles. The van der Waals surface area contributed by atoms with Crippen LogP contribution in [-0.4, -0.2) is 48.5 Å². The molecule has 0 saturated carbocycles. The maximum absolute atomic E-state index is 12.2. The fraction of sp³-hybridized carbons (Fsp3) is 0.471. The Balaban J connectivity index is 1.54. The minimum atomic E-state index is -0.502. The summed E-state index contributed by atoms with van der Waals surface area (Å²) in [5.74, 6) is 0.495. The lowest BCUT2D eigenvalue weighted by atomic mass is 10.0. The highest BCUT2D eigenvalue weighted by atomic mass is 16.2. The number of benzene rings is 1. The van der Waals surface area contributed by atoms with E-state index in [4.69, 9.17) is 5.73 Å². The largest absolute Gasteiger partial charge is 0.361 e. The molecule has 0 bridgehead atoms. The van der Waals surface area contributed by atoms with E-state index in [1.807, 2.05) is 24.4 Å². The smallest absolute Gasteiger partial charge is 0.237 e. The van der Waals surface area contributed by atoms with Gasteiger partial charge in [0, 0.05) is 30.2 Å². The van der Waals surface area contributed by atoms with Crippen molar-refractivity contribution in [1.82, 2.24) is 15.2 Å². The number of amides is 1. The number of nitrogens with one attached hydrogen (secondary N) is 2. The fourth-order valence-corrected chi connectivity index (χ4v) is 3.20. The van der Waals surface area contributed by atoms with Crippen LogP contribution >= 0.6 is 0 Å². The Morgan fingerprint density at radius 1 is 1.50 bits per heavy atom. The van der Waals surface area contributed by atoms with Gasteiger partial charge in [0.25, 0.3) is 0 Å². The standard InChI is InChI=1S/C17H24N4O/c1-21-7-6-12(11-21)9-20-17(22)15(18)8-13-10-19-16-5-3-2-4-14(13)16/h2-5,10,12,15,19H,6-9,11,18H2,1H3,(H,20,22)/t12?,15-/m0/s1. The van der Waals surface area contributed by atoms with E-state index in [1.165, 1.54) is 0 Å². The maximum Gasteiger partial charge on any atom is 0.237 e. The first-order valence-corrected chi connectivity index (χ1v) is 7.90. The normalized spacial score (nSPS) is 20.4. The summed E-state index contributed by atoms with van der Waals surface area (Å²) in [5, 5.41) is 4.15.